The van der Waals surface area contributed by atoms with E-state index in [1.165, 1.54) is 12.8 Å². The molecule has 1 aliphatic rings. The maximum absolute atomic E-state index is 9.79. The Hall–Kier alpha value is -0.770. The van der Waals surface area contributed by atoms with Gasteiger partial charge in [0.15, 0.2) is 0 Å². The van der Waals surface area contributed by atoms with E-state index < -0.39 is 6.10 Å². The molecule has 3 unspecified atom stereocenters. The average molecular weight is 270 g/mol. The number of ether oxygens (including phenoxy) is 1. The third-order valence-corrected chi connectivity index (χ3v) is 3.54. The average Bonchev–Trinajstić information content (AvgIpc) is 3.13. The smallest absolute Gasteiger partial charge is 0.120 e. The standard InChI is InChI=1S/C14H20ClNO2/c1-2-10-6-14(10)16-8-12(17)9-18-13-5-3-4-11(15)7-13/h3-5,7,10,12,14,16-17H,2,6,8-9H2,1H3. The number of aliphatic hydroxyl groups excluding tert-OH is 1. The molecule has 1 fully saturated rings. The molecule has 0 amide bonds. The van der Waals surface area contributed by atoms with Crippen molar-refractivity contribution in [2.75, 3.05) is 13.2 Å². The third-order valence-electron chi connectivity index (χ3n) is 3.30. The summed E-state index contributed by atoms with van der Waals surface area (Å²) in [5, 5.41) is 13.8. The first-order valence-corrected chi connectivity index (χ1v) is 6.86. The van der Waals surface area contributed by atoms with Crippen molar-refractivity contribution in [3.63, 3.8) is 0 Å². The second-order valence-electron chi connectivity index (χ2n) is 4.84. The monoisotopic (exact) mass is 269 g/mol. The van der Waals surface area contributed by atoms with Crippen molar-refractivity contribution in [3.8, 4) is 5.75 Å². The van der Waals surface area contributed by atoms with Gasteiger partial charge in [-0.05, 0) is 30.5 Å². The summed E-state index contributed by atoms with van der Waals surface area (Å²) in [7, 11) is 0. The molecule has 0 radical (unpaired) electrons. The van der Waals surface area contributed by atoms with Crippen LogP contribution in [0, 0.1) is 5.92 Å². The Kier molecular flexibility index (Phi) is 4.87. The normalized spacial score (nSPS) is 23.7. The van der Waals surface area contributed by atoms with Crippen LogP contribution in [0.1, 0.15) is 19.8 Å². The highest BCUT2D eigenvalue weighted by molar-refractivity contribution is 6.30. The highest BCUT2D eigenvalue weighted by Gasteiger charge is 2.34. The van der Waals surface area contributed by atoms with E-state index in [2.05, 4.69) is 12.2 Å². The second kappa shape index (κ2) is 6.41. The highest BCUT2D eigenvalue weighted by atomic mass is 35.5. The Balaban J connectivity index is 1.64. The van der Waals surface area contributed by atoms with Gasteiger partial charge in [0.05, 0.1) is 0 Å². The van der Waals surface area contributed by atoms with Crippen LogP contribution in [0.5, 0.6) is 5.75 Å². The van der Waals surface area contributed by atoms with Crippen LogP contribution in [0.4, 0.5) is 0 Å². The third kappa shape index (κ3) is 4.16. The Labute approximate surface area is 113 Å². The van der Waals surface area contributed by atoms with Gasteiger partial charge in [-0.1, -0.05) is 31.0 Å². The van der Waals surface area contributed by atoms with E-state index in [9.17, 15) is 5.11 Å². The van der Waals surface area contributed by atoms with Gasteiger partial charge in [-0.3, -0.25) is 0 Å². The molecule has 3 atom stereocenters. The number of aliphatic hydroxyl groups is 1. The van der Waals surface area contributed by atoms with E-state index in [0.717, 1.165) is 5.92 Å². The second-order valence-corrected chi connectivity index (χ2v) is 5.28. The maximum Gasteiger partial charge on any atom is 0.120 e. The first kappa shape index (κ1) is 13.7. The minimum absolute atomic E-state index is 0.289. The zero-order chi connectivity index (χ0) is 13.0. The van der Waals surface area contributed by atoms with Gasteiger partial charge >= 0.3 is 0 Å². The fourth-order valence-corrected chi connectivity index (χ4v) is 2.22. The van der Waals surface area contributed by atoms with Gasteiger partial charge in [0.1, 0.15) is 18.5 Å². The molecule has 3 nitrogen and oxygen atoms in total. The summed E-state index contributed by atoms with van der Waals surface area (Å²) in [5.41, 5.74) is 0. The Bertz CT molecular complexity index is 386. The zero-order valence-corrected chi connectivity index (χ0v) is 11.4. The van der Waals surface area contributed by atoms with E-state index in [1.54, 1.807) is 12.1 Å². The number of rotatable bonds is 7. The van der Waals surface area contributed by atoms with Crippen LogP contribution in [-0.2, 0) is 0 Å². The summed E-state index contributed by atoms with van der Waals surface area (Å²) < 4.78 is 5.48. The molecule has 2 N–H and O–H groups in total. The van der Waals surface area contributed by atoms with Crippen molar-refractivity contribution < 1.29 is 9.84 Å². The fourth-order valence-electron chi connectivity index (χ4n) is 2.04. The van der Waals surface area contributed by atoms with Gasteiger partial charge in [0.25, 0.3) is 0 Å². The van der Waals surface area contributed by atoms with Crippen molar-refractivity contribution in [1.29, 1.82) is 0 Å². The number of nitrogens with one attached hydrogen (secondary N) is 1. The largest absolute Gasteiger partial charge is 0.491 e. The van der Waals surface area contributed by atoms with Crippen LogP contribution >= 0.6 is 11.6 Å². The summed E-state index contributed by atoms with van der Waals surface area (Å²) in [6, 6.07) is 7.80. The molecule has 1 saturated carbocycles. The predicted octanol–water partition coefficient (Wildman–Crippen LogP) is 2.47. The zero-order valence-electron chi connectivity index (χ0n) is 10.6. The molecule has 1 aliphatic carbocycles. The fraction of sp³-hybridized carbons (Fsp3) is 0.571. The topological polar surface area (TPSA) is 41.5 Å². The summed E-state index contributed by atoms with van der Waals surface area (Å²) in [6.07, 6.45) is 1.97. The Morgan fingerprint density at radius 1 is 1.56 bits per heavy atom. The van der Waals surface area contributed by atoms with Crippen LogP contribution in [0.25, 0.3) is 0 Å². The molecule has 4 heteroatoms. The van der Waals surface area contributed by atoms with E-state index in [4.69, 9.17) is 16.3 Å². The molecular weight excluding hydrogens is 250 g/mol. The van der Waals surface area contributed by atoms with Crippen molar-refractivity contribution in [3.05, 3.63) is 29.3 Å². The van der Waals surface area contributed by atoms with E-state index in [0.29, 0.717) is 23.4 Å². The number of hydrogen-bond acceptors (Lipinski definition) is 3. The summed E-state index contributed by atoms with van der Waals surface area (Å²) in [4.78, 5) is 0. The van der Waals surface area contributed by atoms with Gasteiger partial charge in [0.2, 0.25) is 0 Å². The quantitative estimate of drug-likeness (QED) is 0.799. The van der Waals surface area contributed by atoms with Crippen molar-refractivity contribution in [2.24, 2.45) is 5.92 Å². The molecule has 0 spiro atoms. The molecule has 0 bridgehead atoms. The molecule has 18 heavy (non-hydrogen) atoms. The van der Waals surface area contributed by atoms with Crippen LogP contribution in [-0.4, -0.2) is 30.4 Å². The minimum atomic E-state index is -0.484. The highest BCUT2D eigenvalue weighted by Crippen LogP contribution is 2.32. The van der Waals surface area contributed by atoms with Crippen LogP contribution < -0.4 is 10.1 Å². The van der Waals surface area contributed by atoms with E-state index in [-0.39, 0.29) is 6.61 Å². The van der Waals surface area contributed by atoms with Gasteiger partial charge < -0.3 is 15.2 Å². The lowest BCUT2D eigenvalue weighted by Crippen LogP contribution is -2.33. The molecule has 0 aliphatic heterocycles. The molecule has 1 aromatic carbocycles. The lowest BCUT2D eigenvalue weighted by Gasteiger charge is -2.13. The van der Waals surface area contributed by atoms with Gasteiger partial charge in [-0.15, -0.1) is 0 Å². The summed E-state index contributed by atoms with van der Waals surface area (Å²) in [6.45, 7) is 3.07. The van der Waals surface area contributed by atoms with Crippen LogP contribution in [0.3, 0.4) is 0 Å². The lowest BCUT2D eigenvalue weighted by molar-refractivity contribution is 0.106. The Morgan fingerprint density at radius 2 is 2.39 bits per heavy atom. The van der Waals surface area contributed by atoms with E-state index in [1.807, 2.05) is 12.1 Å². The van der Waals surface area contributed by atoms with Gasteiger partial charge in [0, 0.05) is 17.6 Å². The van der Waals surface area contributed by atoms with Crippen molar-refractivity contribution in [2.45, 2.75) is 31.9 Å². The first-order chi connectivity index (χ1) is 8.69. The molecular formula is C14H20ClNO2. The molecule has 0 aromatic heterocycles. The van der Waals surface area contributed by atoms with Crippen molar-refractivity contribution in [1.82, 2.24) is 5.32 Å². The van der Waals surface area contributed by atoms with Crippen molar-refractivity contribution >= 4 is 11.6 Å². The van der Waals surface area contributed by atoms with Gasteiger partial charge in [-0.2, -0.15) is 0 Å². The summed E-state index contributed by atoms with van der Waals surface area (Å²) >= 11 is 5.85. The van der Waals surface area contributed by atoms with E-state index >= 15 is 0 Å². The number of halogens is 1. The SMILES string of the molecule is CCC1CC1NCC(O)COc1cccc(Cl)c1. The molecule has 0 saturated heterocycles. The predicted molar refractivity (Wildman–Crippen MR) is 73.1 cm³/mol. The van der Waals surface area contributed by atoms with Gasteiger partial charge in [-0.25, -0.2) is 0 Å². The molecule has 0 heterocycles. The minimum Gasteiger partial charge on any atom is -0.491 e. The molecule has 2 rings (SSSR count). The number of hydrogen-bond donors (Lipinski definition) is 2. The lowest BCUT2D eigenvalue weighted by atomic mass is 10.3. The summed E-state index contributed by atoms with van der Waals surface area (Å²) in [5.74, 6) is 1.49. The van der Waals surface area contributed by atoms with Crippen LogP contribution in [0.2, 0.25) is 5.02 Å². The molecule has 1 aromatic rings. The van der Waals surface area contributed by atoms with Crippen LogP contribution in [0.15, 0.2) is 24.3 Å². The maximum atomic E-state index is 9.79. The molecule has 100 valence electrons. The first-order valence-electron chi connectivity index (χ1n) is 6.49. The Morgan fingerprint density at radius 3 is 3.06 bits per heavy atom. The number of benzene rings is 1.